The molecule has 0 saturated carbocycles. The van der Waals surface area contributed by atoms with E-state index < -0.39 is 6.10 Å². The Hall–Kier alpha value is -1.32. The minimum atomic E-state index is -0.591. The number of benzene rings is 1. The monoisotopic (exact) mass is 249 g/mol. The normalized spacial score (nSPS) is 14.0. The predicted octanol–water partition coefficient (Wildman–Crippen LogP) is 2.59. The van der Waals surface area contributed by atoms with Crippen molar-refractivity contribution in [2.24, 2.45) is 0 Å². The molecule has 0 aromatic heterocycles. The van der Waals surface area contributed by atoms with Crippen LogP contribution < -0.4 is 10.1 Å². The van der Waals surface area contributed by atoms with Gasteiger partial charge in [-0.1, -0.05) is 17.7 Å². The third kappa shape index (κ3) is 3.86. The molecule has 3 nitrogen and oxygen atoms in total. The van der Waals surface area contributed by atoms with Crippen molar-refractivity contribution in [2.75, 3.05) is 13.2 Å². The Bertz CT molecular complexity index is 390. The number of hydrogen-bond donors (Lipinski definition) is 2. The Morgan fingerprint density at radius 2 is 2.22 bits per heavy atom. The third-order valence-electron chi connectivity index (χ3n) is 2.84. The SMILES string of the molecule is C=CCNC(C)C(O)c1cc(C)ccc1OCC. The molecule has 1 aromatic rings. The second-order valence-corrected chi connectivity index (χ2v) is 4.40. The lowest BCUT2D eigenvalue weighted by Crippen LogP contribution is -2.32. The van der Waals surface area contributed by atoms with E-state index in [2.05, 4.69) is 11.9 Å². The second kappa shape index (κ2) is 7.19. The van der Waals surface area contributed by atoms with Crippen LogP contribution in [0.1, 0.15) is 31.1 Å². The largest absolute Gasteiger partial charge is 0.493 e. The molecule has 0 radical (unpaired) electrons. The van der Waals surface area contributed by atoms with Gasteiger partial charge < -0.3 is 15.2 Å². The molecular formula is C15H23NO2. The average Bonchev–Trinajstić information content (AvgIpc) is 2.37. The Morgan fingerprint density at radius 3 is 2.83 bits per heavy atom. The van der Waals surface area contributed by atoms with Crippen molar-refractivity contribution in [3.05, 3.63) is 42.0 Å². The lowest BCUT2D eigenvalue weighted by molar-refractivity contribution is 0.133. The molecule has 0 saturated heterocycles. The zero-order valence-corrected chi connectivity index (χ0v) is 11.4. The zero-order valence-electron chi connectivity index (χ0n) is 11.4. The molecular weight excluding hydrogens is 226 g/mol. The second-order valence-electron chi connectivity index (χ2n) is 4.40. The summed E-state index contributed by atoms with van der Waals surface area (Å²) in [4.78, 5) is 0. The molecule has 0 aliphatic rings. The highest BCUT2D eigenvalue weighted by molar-refractivity contribution is 5.39. The van der Waals surface area contributed by atoms with Gasteiger partial charge in [0.25, 0.3) is 0 Å². The van der Waals surface area contributed by atoms with Crippen molar-refractivity contribution >= 4 is 0 Å². The summed E-state index contributed by atoms with van der Waals surface area (Å²) >= 11 is 0. The Labute approximate surface area is 109 Å². The number of aliphatic hydroxyl groups is 1. The summed E-state index contributed by atoms with van der Waals surface area (Å²) in [5, 5.41) is 13.6. The van der Waals surface area contributed by atoms with E-state index in [1.807, 2.05) is 39.0 Å². The molecule has 0 amide bonds. The molecule has 2 N–H and O–H groups in total. The van der Waals surface area contributed by atoms with E-state index in [-0.39, 0.29) is 6.04 Å². The fraction of sp³-hybridized carbons (Fsp3) is 0.467. The van der Waals surface area contributed by atoms with Crippen LogP contribution in [0, 0.1) is 6.92 Å². The summed E-state index contributed by atoms with van der Waals surface area (Å²) in [7, 11) is 0. The van der Waals surface area contributed by atoms with Crippen molar-refractivity contribution < 1.29 is 9.84 Å². The summed E-state index contributed by atoms with van der Waals surface area (Å²) in [5.74, 6) is 0.753. The average molecular weight is 249 g/mol. The van der Waals surface area contributed by atoms with Gasteiger partial charge in [-0.15, -0.1) is 6.58 Å². The van der Waals surface area contributed by atoms with E-state index in [9.17, 15) is 5.11 Å². The van der Waals surface area contributed by atoms with Crippen LogP contribution in [0.3, 0.4) is 0 Å². The molecule has 0 aliphatic carbocycles. The van der Waals surface area contributed by atoms with Gasteiger partial charge in [-0.3, -0.25) is 0 Å². The van der Waals surface area contributed by atoms with Gasteiger partial charge in [-0.05, 0) is 32.9 Å². The zero-order chi connectivity index (χ0) is 13.5. The van der Waals surface area contributed by atoms with E-state index in [0.717, 1.165) is 16.9 Å². The maximum atomic E-state index is 10.4. The summed E-state index contributed by atoms with van der Waals surface area (Å²) < 4.78 is 5.56. The molecule has 0 heterocycles. The maximum Gasteiger partial charge on any atom is 0.125 e. The van der Waals surface area contributed by atoms with Crippen LogP contribution in [0.4, 0.5) is 0 Å². The number of nitrogens with one attached hydrogen (secondary N) is 1. The molecule has 0 spiro atoms. The van der Waals surface area contributed by atoms with E-state index in [4.69, 9.17) is 4.74 Å². The maximum absolute atomic E-state index is 10.4. The molecule has 18 heavy (non-hydrogen) atoms. The van der Waals surface area contributed by atoms with Crippen LogP contribution in [0.2, 0.25) is 0 Å². The molecule has 0 aliphatic heterocycles. The highest BCUT2D eigenvalue weighted by Gasteiger charge is 2.19. The Kier molecular flexibility index (Phi) is 5.89. The molecule has 1 rings (SSSR count). The number of hydrogen-bond acceptors (Lipinski definition) is 3. The van der Waals surface area contributed by atoms with Crippen molar-refractivity contribution in [1.82, 2.24) is 5.32 Å². The van der Waals surface area contributed by atoms with Gasteiger partial charge >= 0.3 is 0 Å². The lowest BCUT2D eigenvalue weighted by Gasteiger charge is -2.22. The van der Waals surface area contributed by atoms with Crippen LogP contribution >= 0.6 is 0 Å². The number of aryl methyl sites for hydroxylation is 1. The van der Waals surface area contributed by atoms with E-state index >= 15 is 0 Å². The number of rotatable bonds is 7. The minimum absolute atomic E-state index is 0.0518. The van der Waals surface area contributed by atoms with E-state index in [1.165, 1.54) is 0 Å². The Balaban J connectivity index is 2.91. The van der Waals surface area contributed by atoms with Gasteiger partial charge in [0.1, 0.15) is 5.75 Å². The van der Waals surface area contributed by atoms with E-state index in [0.29, 0.717) is 13.2 Å². The van der Waals surface area contributed by atoms with Crippen LogP contribution in [0.5, 0.6) is 5.75 Å². The first kappa shape index (κ1) is 14.7. The first-order valence-electron chi connectivity index (χ1n) is 6.35. The fourth-order valence-electron chi connectivity index (χ4n) is 1.84. The molecule has 0 bridgehead atoms. The van der Waals surface area contributed by atoms with Crippen molar-refractivity contribution in [2.45, 2.75) is 32.9 Å². The van der Waals surface area contributed by atoms with Gasteiger partial charge in [0, 0.05) is 18.2 Å². The van der Waals surface area contributed by atoms with Crippen molar-refractivity contribution in [3.8, 4) is 5.75 Å². The van der Waals surface area contributed by atoms with Crippen LogP contribution in [-0.2, 0) is 0 Å². The highest BCUT2D eigenvalue weighted by Crippen LogP contribution is 2.28. The van der Waals surface area contributed by atoms with E-state index in [1.54, 1.807) is 6.08 Å². The summed E-state index contributed by atoms with van der Waals surface area (Å²) in [6, 6.07) is 5.83. The van der Waals surface area contributed by atoms with Crippen molar-refractivity contribution in [1.29, 1.82) is 0 Å². The van der Waals surface area contributed by atoms with Gasteiger partial charge in [-0.25, -0.2) is 0 Å². The van der Waals surface area contributed by atoms with Gasteiger partial charge in [0.15, 0.2) is 0 Å². The Morgan fingerprint density at radius 1 is 1.50 bits per heavy atom. The lowest BCUT2D eigenvalue weighted by atomic mass is 10.0. The summed E-state index contributed by atoms with van der Waals surface area (Å²) in [6.07, 6.45) is 1.19. The minimum Gasteiger partial charge on any atom is -0.493 e. The smallest absolute Gasteiger partial charge is 0.125 e. The fourth-order valence-corrected chi connectivity index (χ4v) is 1.84. The number of ether oxygens (including phenoxy) is 1. The molecule has 2 atom stereocenters. The summed E-state index contributed by atoms with van der Waals surface area (Å²) in [5.41, 5.74) is 1.95. The predicted molar refractivity (Wildman–Crippen MR) is 75.0 cm³/mol. The van der Waals surface area contributed by atoms with Gasteiger partial charge in [0.2, 0.25) is 0 Å². The van der Waals surface area contributed by atoms with Crippen molar-refractivity contribution in [3.63, 3.8) is 0 Å². The molecule has 0 fully saturated rings. The first-order valence-corrected chi connectivity index (χ1v) is 6.35. The van der Waals surface area contributed by atoms with Crippen LogP contribution in [0.15, 0.2) is 30.9 Å². The van der Waals surface area contributed by atoms with Crippen LogP contribution in [-0.4, -0.2) is 24.3 Å². The third-order valence-corrected chi connectivity index (χ3v) is 2.84. The van der Waals surface area contributed by atoms with Gasteiger partial charge in [0.05, 0.1) is 12.7 Å². The highest BCUT2D eigenvalue weighted by atomic mass is 16.5. The van der Waals surface area contributed by atoms with Gasteiger partial charge in [-0.2, -0.15) is 0 Å². The molecule has 2 unspecified atom stereocenters. The molecule has 1 aromatic carbocycles. The van der Waals surface area contributed by atoms with Crippen LogP contribution in [0.25, 0.3) is 0 Å². The standard InChI is InChI=1S/C15H23NO2/c1-5-9-16-12(4)15(17)13-10-11(3)7-8-14(13)18-6-2/h5,7-8,10,12,15-17H,1,6,9H2,2-4H3. The number of aliphatic hydroxyl groups excluding tert-OH is 1. The topological polar surface area (TPSA) is 41.5 Å². The summed E-state index contributed by atoms with van der Waals surface area (Å²) in [6.45, 7) is 10.8. The molecule has 3 heteroatoms. The molecule has 100 valence electrons. The first-order chi connectivity index (χ1) is 8.60. The quantitative estimate of drug-likeness (QED) is 0.730.